The fraction of sp³-hybridized carbons (Fsp3) is 0.500. The first-order valence-electron chi connectivity index (χ1n) is 6.24. The van der Waals surface area contributed by atoms with Gasteiger partial charge in [0.1, 0.15) is 5.78 Å². The van der Waals surface area contributed by atoms with Gasteiger partial charge in [-0.25, -0.2) is 0 Å². The standard InChI is InChI=1S/C14H17NO2/c1-15-14(10-6-3-2-4-7-10)13-11(16)8-5-9-12(13)17-15/h2-4,6-7,12-14H,5,8-9H2,1H3/t12-,13+,14+/m1/s1. The average Bonchev–Trinajstić information content (AvgIpc) is 2.68. The fourth-order valence-corrected chi connectivity index (χ4v) is 3.10. The molecule has 17 heavy (non-hydrogen) atoms. The Morgan fingerprint density at radius 3 is 2.82 bits per heavy atom. The van der Waals surface area contributed by atoms with Crippen molar-refractivity contribution >= 4 is 5.78 Å². The van der Waals surface area contributed by atoms with Gasteiger partial charge in [0, 0.05) is 13.5 Å². The lowest BCUT2D eigenvalue weighted by Crippen LogP contribution is -2.32. The minimum Gasteiger partial charge on any atom is -0.299 e. The fourth-order valence-electron chi connectivity index (χ4n) is 3.10. The van der Waals surface area contributed by atoms with E-state index in [-0.39, 0.29) is 18.1 Å². The summed E-state index contributed by atoms with van der Waals surface area (Å²) in [6.07, 6.45) is 2.77. The van der Waals surface area contributed by atoms with Gasteiger partial charge in [0.25, 0.3) is 0 Å². The molecule has 3 atom stereocenters. The lowest BCUT2D eigenvalue weighted by Gasteiger charge is -2.25. The van der Waals surface area contributed by atoms with Crippen LogP contribution in [0.3, 0.4) is 0 Å². The second-order valence-electron chi connectivity index (χ2n) is 4.93. The third-order valence-electron chi connectivity index (χ3n) is 3.86. The molecule has 0 N–H and O–H groups in total. The monoisotopic (exact) mass is 231 g/mol. The van der Waals surface area contributed by atoms with Gasteiger partial charge < -0.3 is 0 Å². The summed E-state index contributed by atoms with van der Waals surface area (Å²) in [5.41, 5.74) is 1.18. The summed E-state index contributed by atoms with van der Waals surface area (Å²) in [6, 6.07) is 10.3. The molecule has 3 rings (SSSR count). The van der Waals surface area contributed by atoms with Crippen LogP contribution in [0.5, 0.6) is 0 Å². The van der Waals surface area contributed by atoms with E-state index in [4.69, 9.17) is 4.84 Å². The number of carbonyl (C=O) groups excluding carboxylic acids is 1. The van der Waals surface area contributed by atoms with Gasteiger partial charge in [-0.15, -0.1) is 0 Å². The molecule has 0 amide bonds. The van der Waals surface area contributed by atoms with Crippen molar-refractivity contribution in [2.45, 2.75) is 31.4 Å². The first-order chi connectivity index (χ1) is 8.27. The predicted molar refractivity (Wildman–Crippen MR) is 64.2 cm³/mol. The molecule has 1 aromatic rings. The molecule has 1 saturated heterocycles. The minimum absolute atomic E-state index is 0.0242. The molecule has 1 aromatic carbocycles. The van der Waals surface area contributed by atoms with E-state index in [0.29, 0.717) is 12.2 Å². The van der Waals surface area contributed by atoms with Crippen molar-refractivity contribution in [3.8, 4) is 0 Å². The van der Waals surface area contributed by atoms with Crippen LogP contribution in [-0.2, 0) is 9.63 Å². The van der Waals surface area contributed by atoms with Crippen LogP contribution in [0.1, 0.15) is 30.9 Å². The van der Waals surface area contributed by atoms with E-state index in [1.807, 2.05) is 30.3 Å². The molecule has 0 unspecified atom stereocenters. The first-order valence-corrected chi connectivity index (χ1v) is 6.24. The van der Waals surface area contributed by atoms with E-state index in [9.17, 15) is 4.79 Å². The van der Waals surface area contributed by atoms with Gasteiger partial charge in [0.2, 0.25) is 0 Å². The number of carbonyl (C=O) groups is 1. The number of fused-ring (bicyclic) bond motifs is 1. The lowest BCUT2D eigenvalue weighted by atomic mass is 9.79. The largest absolute Gasteiger partial charge is 0.299 e. The molecule has 1 saturated carbocycles. The van der Waals surface area contributed by atoms with Gasteiger partial charge in [-0.05, 0) is 18.4 Å². The van der Waals surface area contributed by atoms with Crippen molar-refractivity contribution in [2.24, 2.45) is 5.92 Å². The van der Waals surface area contributed by atoms with Crippen LogP contribution in [0.2, 0.25) is 0 Å². The number of ketones is 1. The molecule has 0 radical (unpaired) electrons. The van der Waals surface area contributed by atoms with Crippen LogP contribution >= 0.6 is 0 Å². The molecule has 3 heteroatoms. The summed E-state index contributed by atoms with van der Waals surface area (Å²) in [5.74, 6) is 0.385. The Balaban J connectivity index is 1.95. The molecule has 2 fully saturated rings. The highest BCUT2D eigenvalue weighted by atomic mass is 16.7. The van der Waals surface area contributed by atoms with Crippen LogP contribution in [-0.4, -0.2) is 24.0 Å². The van der Waals surface area contributed by atoms with E-state index in [1.54, 1.807) is 0 Å². The van der Waals surface area contributed by atoms with Crippen molar-refractivity contribution in [3.05, 3.63) is 35.9 Å². The van der Waals surface area contributed by atoms with Crippen molar-refractivity contribution in [3.63, 3.8) is 0 Å². The molecular formula is C14H17NO2. The number of hydrogen-bond acceptors (Lipinski definition) is 3. The lowest BCUT2D eigenvalue weighted by molar-refractivity contribution is -0.149. The first kappa shape index (κ1) is 10.9. The average molecular weight is 231 g/mol. The molecular weight excluding hydrogens is 214 g/mol. The summed E-state index contributed by atoms with van der Waals surface area (Å²) >= 11 is 0. The number of benzene rings is 1. The second-order valence-corrected chi connectivity index (χ2v) is 4.93. The number of rotatable bonds is 1. The van der Waals surface area contributed by atoms with Crippen molar-refractivity contribution < 1.29 is 9.63 Å². The van der Waals surface area contributed by atoms with Crippen LogP contribution in [0.4, 0.5) is 0 Å². The highest BCUT2D eigenvalue weighted by Crippen LogP contribution is 2.43. The number of Topliss-reactive ketones (excluding diaryl/α,β-unsaturated/α-hetero) is 1. The molecule has 2 aliphatic rings. The molecule has 1 aliphatic carbocycles. The summed E-state index contributed by atoms with van der Waals surface area (Å²) in [6.45, 7) is 0. The van der Waals surface area contributed by atoms with Gasteiger partial charge in [-0.3, -0.25) is 9.63 Å². The number of hydrogen-bond donors (Lipinski definition) is 0. The quantitative estimate of drug-likeness (QED) is 0.743. The zero-order chi connectivity index (χ0) is 11.8. The Bertz CT molecular complexity index is 417. The predicted octanol–water partition coefficient (Wildman–Crippen LogP) is 2.34. The zero-order valence-corrected chi connectivity index (χ0v) is 10.0. The van der Waals surface area contributed by atoms with Crippen molar-refractivity contribution in [1.82, 2.24) is 5.06 Å². The molecule has 90 valence electrons. The minimum atomic E-state index is 0.0242. The van der Waals surface area contributed by atoms with Crippen LogP contribution in [0.15, 0.2) is 30.3 Å². The maximum atomic E-state index is 12.1. The topological polar surface area (TPSA) is 29.5 Å². The number of hydroxylamine groups is 2. The molecule has 3 nitrogen and oxygen atoms in total. The summed E-state index contributed by atoms with van der Waals surface area (Å²) in [7, 11) is 1.93. The van der Waals surface area contributed by atoms with Crippen LogP contribution < -0.4 is 0 Å². The van der Waals surface area contributed by atoms with E-state index in [0.717, 1.165) is 12.8 Å². The summed E-state index contributed by atoms with van der Waals surface area (Å²) in [5, 5.41) is 1.87. The van der Waals surface area contributed by atoms with Crippen LogP contribution in [0, 0.1) is 5.92 Å². The third-order valence-corrected chi connectivity index (χ3v) is 3.86. The highest BCUT2D eigenvalue weighted by Gasteiger charge is 2.47. The Morgan fingerprint density at radius 2 is 2.06 bits per heavy atom. The maximum absolute atomic E-state index is 12.1. The Kier molecular flexibility index (Phi) is 2.73. The van der Waals surface area contributed by atoms with Crippen molar-refractivity contribution in [2.75, 3.05) is 7.05 Å². The van der Waals surface area contributed by atoms with Gasteiger partial charge >= 0.3 is 0 Å². The van der Waals surface area contributed by atoms with E-state index < -0.39 is 0 Å². The number of nitrogens with zero attached hydrogens (tertiary/aromatic N) is 1. The summed E-state index contributed by atoms with van der Waals surface area (Å²) < 4.78 is 0. The SMILES string of the molecule is CN1O[C@@H]2CCCC(=O)[C@@H]2[C@@H]1c1ccccc1. The third kappa shape index (κ3) is 1.79. The van der Waals surface area contributed by atoms with E-state index >= 15 is 0 Å². The Morgan fingerprint density at radius 1 is 1.29 bits per heavy atom. The molecule has 0 aromatic heterocycles. The smallest absolute Gasteiger partial charge is 0.140 e. The highest BCUT2D eigenvalue weighted by molar-refractivity contribution is 5.83. The van der Waals surface area contributed by atoms with Crippen molar-refractivity contribution in [1.29, 1.82) is 0 Å². The van der Waals surface area contributed by atoms with E-state index in [1.165, 1.54) is 5.56 Å². The van der Waals surface area contributed by atoms with Gasteiger partial charge in [-0.2, -0.15) is 5.06 Å². The Labute approximate surface area is 101 Å². The second kappa shape index (κ2) is 4.24. The van der Waals surface area contributed by atoms with Gasteiger partial charge in [0.15, 0.2) is 0 Å². The van der Waals surface area contributed by atoms with E-state index in [2.05, 4.69) is 12.1 Å². The maximum Gasteiger partial charge on any atom is 0.140 e. The molecule has 0 bridgehead atoms. The van der Waals surface area contributed by atoms with Gasteiger partial charge in [0.05, 0.1) is 18.1 Å². The van der Waals surface area contributed by atoms with Gasteiger partial charge in [-0.1, -0.05) is 30.3 Å². The van der Waals surface area contributed by atoms with Crippen LogP contribution in [0.25, 0.3) is 0 Å². The molecule has 1 aliphatic heterocycles. The normalized spacial score (nSPS) is 33.7. The molecule has 0 spiro atoms. The molecule has 1 heterocycles. The zero-order valence-electron chi connectivity index (χ0n) is 10.0. The Hall–Kier alpha value is -1.19. The summed E-state index contributed by atoms with van der Waals surface area (Å²) in [4.78, 5) is 17.9.